The Balaban J connectivity index is 1.34. The molecule has 3 amide bonds. The van der Waals surface area contributed by atoms with Crippen molar-refractivity contribution in [1.82, 2.24) is 20.0 Å². The van der Waals surface area contributed by atoms with Gasteiger partial charge < -0.3 is 29.3 Å². The van der Waals surface area contributed by atoms with Crippen LogP contribution < -0.4 is 19.7 Å². The Kier molecular flexibility index (Phi) is 8.80. The van der Waals surface area contributed by atoms with Crippen LogP contribution in [0.1, 0.15) is 31.9 Å². The van der Waals surface area contributed by atoms with E-state index in [-0.39, 0.29) is 24.9 Å². The molecule has 0 bridgehead atoms. The SMILES string of the molecule is CN(CCOc1ccc2c(c1)N(C)C(=O)[C@@H](NC(=O)n1cc(Cc3cccc(F)c3)cn1)CO2)C(=O)OC(C)(C)C. The number of nitrogens with one attached hydrogen (secondary N) is 1. The molecule has 218 valence electrons. The number of likely N-dealkylation sites (N-methyl/N-ethyl adjacent to an activating group) is 2. The molecule has 1 aliphatic rings. The van der Waals surface area contributed by atoms with Crippen LogP contribution in [0.5, 0.6) is 11.5 Å². The molecule has 0 fully saturated rings. The van der Waals surface area contributed by atoms with Crippen LogP contribution in [0.25, 0.3) is 0 Å². The number of carbonyl (C=O) groups is 3. The van der Waals surface area contributed by atoms with E-state index in [9.17, 15) is 18.8 Å². The number of carbonyl (C=O) groups excluding carboxylic acids is 3. The first kappa shape index (κ1) is 29.4. The van der Waals surface area contributed by atoms with Crippen molar-refractivity contribution in [2.45, 2.75) is 38.8 Å². The highest BCUT2D eigenvalue weighted by molar-refractivity contribution is 6.00. The molecule has 2 heterocycles. The van der Waals surface area contributed by atoms with Gasteiger partial charge >= 0.3 is 12.1 Å². The second kappa shape index (κ2) is 12.3. The van der Waals surface area contributed by atoms with E-state index < -0.39 is 23.8 Å². The predicted molar refractivity (Wildman–Crippen MR) is 149 cm³/mol. The number of benzene rings is 2. The van der Waals surface area contributed by atoms with E-state index in [1.165, 1.54) is 34.3 Å². The lowest BCUT2D eigenvalue weighted by Crippen LogP contribution is -2.50. The Morgan fingerprint density at radius 2 is 1.98 bits per heavy atom. The van der Waals surface area contributed by atoms with Crippen LogP contribution in [0.4, 0.5) is 19.7 Å². The normalized spacial score (nSPS) is 14.9. The third-order valence-corrected chi connectivity index (χ3v) is 6.17. The van der Waals surface area contributed by atoms with Gasteiger partial charge in [0.25, 0.3) is 5.91 Å². The number of amides is 3. The largest absolute Gasteiger partial charge is 0.492 e. The number of ether oxygens (including phenoxy) is 3. The second-order valence-corrected chi connectivity index (χ2v) is 10.7. The highest BCUT2D eigenvalue weighted by Gasteiger charge is 2.31. The molecule has 11 nitrogen and oxygen atoms in total. The predicted octanol–water partition coefficient (Wildman–Crippen LogP) is 3.84. The summed E-state index contributed by atoms with van der Waals surface area (Å²) in [4.78, 5) is 41.0. The molecule has 4 rings (SSSR count). The summed E-state index contributed by atoms with van der Waals surface area (Å²) in [7, 11) is 3.21. The zero-order valence-corrected chi connectivity index (χ0v) is 23.7. The van der Waals surface area contributed by atoms with Gasteiger partial charge in [0.1, 0.15) is 42.2 Å². The zero-order valence-electron chi connectivity index (χ0n) is 23.7. The van der Waals surface area contributed by atoms with Gasteiger partial charge in [-0.25, -0.2) is 14.0 Å². The quantitative estimate of drug-likeness (QED) is 0.461. The number of halogens is 1. The molecule has 1 atom stereocenters. The fraction of sp³-hybridized carbons (Fsp3) is 0.379. The number of fused-ring (bicyclic) bond motifs is 1. The molecule has 0 unspecified atom stereocenters. The summed E-state index contributed by atoms with van der Waals surface area (Å²) in [5.41, 5.74) is 1.34. The Bertz CT molecular complexity index is 1420. The van der Waals surface area contributed by atoms with Crippen LogP contribution in [-0.2, 0) is 16.0 Å². The van der Waals surface area contributed by atoms with Crippen molar-refractivity contribution in [3.05, 3.63) is 71.8 Å². The van der Waals surface area contributed by atoms with Crippen molar-refractivity contribution >= 4 is 23.7 Å². The maximum atomic E-state index is 13.5. The van der Waals surface area contributed by atoms with Crippen LogP contribution in [0.15, 0.2) is 54.9 Å². The number of aromatic nitrogens is 2. The molecule has 1 aliphatic heterocycles. The molecule has 1 N–H and O–H groups in total. The summed E-state index contributed by atoms with van der Waals surface area (Å²) in [6.07, 6.45) is 3.00. The maximum absolute atomic E-state index is 13.5. The average molecular weight is 568 g/mol. The van der Waals surface area contributed by atoms with E-state index in [1.807, 2.05) is 0 Å². The minimum Gasteiger partial charge on any atom is -0.492 e. The van der Waals surface area contributed by atoms with E-state index in [0.29, 0.717) is 35.7 Å². The molecule has 1 aromatic heterocycles. The molecule has 0 radical (unpaired) electrons. The van der Waals surface area contributed by atoms with E-state index in [2.05, 4.69) is 10.4 Å². The molecular weight excluding hydrogens is 533 g/mol. The van der Waals surface area contributed by atoms with Crippen molar-refractivity contribution in [3.63, 3.8) is 0 Å². The van der Waals surface area contributed by atoms with Gasteiger partial charge in [-0.2, -0.15) is 9.78 Å². The van der Waals surface area contributed by atoms with Crippen LogP contribution in [0.3, 0.4) is 0 Å². The monoisotopic (exact) mass is 567 g/mol. The molecule has 41 heavy (non-hydrogen) atoms. The summed E-state index contributed by atoms with van der Waals surface area (Å²) in [5, 5.41) is 6.75. The van der Waals surface area contributed by atoms with E-state index >= 15 is 0 Å². The fourth-order valence-corrected chi connectivity index (χ4v) is 4.06. The minimum absolute atomic E-state index is 0.0831. The van der Waals surface area contributed by atoms with Crippen molar-refractivity contribution in [3.8, 4) is 11.5 Å². The van der Waals surface area contributed by atoms with Crippen molar-refractivity contribution in [2.75, 3.05) is 38.8 Å². The lowest BCUT2D eigenvalue weighted by atomic mass is 10.1. The highest BCUT2D eigenvalue weighted by Crippen LogP contribution is 2.34. The van der Waals surface area contributed by atoms with Gasteiger partial charge in [0.05, 0.1) is 18.4 Å². The summed E-state index contributed by atoms with van der Waals surface area (Å²) < 4.78 is 31.6. The van der Waals surface area contributed by atoms with Crippen molar-refractivity contribution in [2.24, 2.45) is 0 Å². The summed E-state index contributed by atoms with van der Waals surface area (Å²) in [5.74, 6) is 0.210. The zero-order chi connectivity index (χ0) is 29.7. The van der Waals surface area contributed by atoms with Gasteiger partial charge in [-0.3, -0.25) is 4.79 Å². The van der Waals surface area contributed by atoms with E-state index in [0.717, 1.165) is 10.2 Å². The number of anilines is 1. The lowest BCUT2D eigenvalue weighted by molar-refractivity contribution is -0.120. The Morgan fingerprint density at radius 1 is 1.20 bits per heavy atom. The van der Waals surface area contributed by atoms with Gasteiger partial charge in [-0.05, 0) is 56.2 Å². The highest BCUT2D eigenvalue weighted by atomic mass is 19.1. The molecule has 2 aromatic carbocycles. The molecule has 0 saturated carbocycles. The fourth-order valence-electron chi connectivity index (χ4n) is 4.06. The summed E-state index contributed by atoms with van der Waals surface area (Å²) in [6.45, 7) is 5.81. The Labute approximate surface area is 237 Å². The third kappa shape index (κ3) is 7.74. The first-order valence-corrected chi connectivity index (χ1v) is 13.1. The number of hydrogen-bond donors (Lipinski definition) is 1. The van der Waals surface area contributed by atoms with Gasteiger partial charge in [0, 0.05) is 32.8 Å². The van der Waals surface area contributed by atoms with Gasteiger partial charge in [-0.15, -0.1) is 0 Å². The smallest absolute Gasteiger partial charge is 0.410 e. The summed E-state index contributed by atoms with van der Waals surface area (Å²) >= 11 is 0. The second-order valence-electron chi connectivity index (χ2n) is 10.7. The lowest BCUT2D eigenvalue weighted by Gasteiger charge is -2.24. The molecular formula is C29H34FN5O6. The van der Waals surface area contributed by atoms with Crippen LogP contribution in [0.2, 0.25) is 0 Å². The Hall–Kier alpha value is -4.61. The molecule has 12 heteroatoms. The molecule has 3 aromatic rings. The third-order valence-electron chi connectivity index (χ3n) is 6.17. The Morgan fingerprint density at radius 3 is 2.71 bits per heavy atom. The maximum Gasteiger partial charge on any atom is 0.410 e. The van der Waals surface area contributed by atoms with Crippen molar-refractivity contribution in [1.29, 1.82) is 0 Å². The molecule has 0 aliphatic carbocycles. The first-order valence-electron chi connectivity index (χ1n) is 13.1. The van der Waals surface area contributed by atoms with Crippen LogP contribution in [-0.4, -0.2) is 78.2 Å². The van der Waals surface area contributed by atoms with Crippen molar-refractivity contribution < 1.29 is 33.0 Å². The van der Waals surface area contributed by atoms with Gasteiger partial charge in [-0.1, -0.05) is 12.1 Å². The summed E-state index contributed by atoms with van der Waals surface area (Å²) in [6, 6.07) is 9.67. The number of hydrogen-bond acceptors (Lipinski definition) is 7. The number of rotatable bonds is 7. The number of nitrogens with zero attached hydrogens (tertiary/aromatic N) is 4. The van der Waals surface area contributed by atoms with Crippen LogP contribution >= 0.6 is 0 Å². The molecule has 0 saturated heterocycles. The topological polar surface area (TPSA) is 115 Å². The first-order chi connectivity index (χ1) is 19.4. The van der Waals surface area contributed by atoms with Crippen LogP contribution in [0, 0.1) is 5.82 Å². The average Bonchev–Trinajstić information content (AvgIpc) is 3.34. The standard InChI is InChI=1S/C29H34FN5O6/c1-29(2,3)41-28(38)33(4)11-12-39-22-9-10-25-24(15-22)34(5)26(36)23(18-40-25)32-27(37)35-17-20(16-31-35)13-19-7-6-8-21(30)14-19/h6-10,14-17,23H,11-13,18H2,1-5H3,(H,32,37)/t23-/m0/s1. The van der Waals surface area contributed by atoms with Gasteiger partial charge in [0.15, 0.2) is 0 Å². The molecule has 0 spiro atoms. The van der Waals surface area contributed by atoms with E-state index in [1.54, 1.807) is 65.2 Å². The minimum atomic E-state index is -0.970. The van der Waals surface area contributed by atoms with E-state index in [4.69, 9.17) is 14.2 Å². The van der Waals surface area contributed by atoms with Gasteiger partial charge in [0.2, 0.25) is 0 Å².